The van der Waals surface area contributed by atoms with Crippen molar-refractivity contribution in [2.75, 3.05) is 45.1 Å². The molecule has 2 saturated heterocycles. The number of likely N-dealkylation sites (tertiary alicyclic amines) is 1. The zero-order valence-electron chi connectivity index (χ0n) is 47.7. The number of hydrogen-bond donors (Lipinski definition) is 10. The maximum atomic E-state index is 15.2. The van der Waals surface area contributed by atoms with E-state index in [0.29, 0.717) is 38.6 Å². The third-order valence-corrected chi connectivity index (χ3v) is 18.6. The lowest BCUT2D eigenvalue weighted by atomic mass is 9.85. The molecule has 1 unspecified atom stereocenters. The third-order valence-electron chi connectivity index (χ3n) is 15.5. The van der Waals surface area contributed by atoms with Crippen LogP contribution in [-0.4, -0.2) is 195 Å². The van der Waals surface area contributed by atoms with Crippen LogP contribution in [0.3, 0.4) is 0 Å². The number of aromatic amines is 1. The molecule has 0 radical (unpaired) electrons. The number of fused-ring (bicyclic) bond motifs is 5. The Balaban J connectivity index is 1.42. The number of hydrogen-bond acceptors (Lipinski definition) is 18. The van der Waals surface area contributed by atoms with Gasteiger partial charge in [-0.15, -0.1) is 11.8 Å². The maximum absolute atomic E-state index is 15.2. The Bertz CT molecular complexity index is 2930. The molecular weight excluding hydrogens is 1120 g/mol. The molecule has 11 atom stereocenters. The van der Waals surface area contributed by atoms with Crippen molar-refractivity contribution in [3.8, 4) is 5.75 Å². The first kappa shape index (κ1) is 65.7. The van der Waals surface area contributed by atoms with Gasteiger partial charge in [0.15, 0.2) is 21.4 Å². The minimum Gasteiger partial charge on any atom is -0.494 e. The SMILES string of the molecule is CC[C@H](C)[C@@H]1NC(=O)CNC(=O)[C@H]2CC(=O)[C@H]([C@@H](C)[C@@H](O)CO)NC(=O)[C@@H]3C[C@@H](O)CN3C(=O)[C@H](CC(N)=O)CC(=O)[C@H](CS(=O)(=O)c3[nH]c4cc(OCCCCCCN5C(=O)CC(SC(C)(C)C)C5=O)ccc4c3C2)NC(=O)CNC1=O. The van der Waals surface area contributed by atoms with Crippen molar-refractivity contribution in [2.45, 2.75) is 164 Å². The number of imide groups is 1. The van der Waals surface area contributed by atoms with E-state index in [-0.39, 0.29) is 51.8 Å². The molecule has 0 aliphatic carbocycles. The molecule has 4 aliphatic rings. The second-order valence-corrected chi connectivity index (χ2v) is 27.1. The topological polar surface area (TPSA) is 400 Å². The fraction of sp³-hybridized carbons (Fsp3) is 0.655. The van der Waals surface area contributed by atoms with Crippen LogP contribution in [0.4, 0.5) is 0 Å². The van der Waals surface area contributed by atoms with Gasteiger partial charge in [-0.2, -0.15) is 0 Å². The number of Topliss-reactive ketones (excluding diaryl/α,β-unsaturated/α-hetero) is 2. The first-order valence-corrected chi connectivity index (χ1v) is 30.6. The van der Waals surface area contributed by atoms with Crippen molar-refractivity contribution >= 4 is 97.2 Å². The molecule has 2 fully saturated rings. The highest BCUT2D eigenvalue weighted by atomic mass is 32.2. The fourth-order valence-corrected chi connectivity index (χ4v) is 13.8. The average Bonchev–Trinajstić information content (AvgIpc) is 4.28. The number of amides is 9. The van der Waals surface area contributed by atoms with Gasteiger partial charge in [0.2, 0.25) is 53.2 Å². The third kappa shape index (κ3) is 17.1. The monoisotopic (exact) mass is 1200 g/mol. The highest BCUT2D eigenvalue weighted by molar-refractivity contribution is 8.01. The van der Waals surface area contributed by atoms with Crippen molar-refractivity contribution in [3.63, 3.8) is 0 Å². The number of aliphatic hydroxyl groups is 3. The van der Waals surface area contributed by atoms with Crippen molar-refractivity contribution in [1.82, 2.24) is 41.4 Å². The average molecular weight is 1200 g/mol. The fourth-order valence-electron chi connectivity index (χ4n) is 10.8. The summed E-state index contributed by atoms with van der Waals surface area (Å²) in [6.45, 7) is 8.09. The second-order valence-electron chi connectivity index (χ2n) is 23.1. The van der Waals surface area contributed by atoms with Gasteiger partial charge in [-0.1, -0.05) is 60.8 Å². The van der Waals surface area contributed by atoms with Crippen LogP contribution in [-0.2, 0) is 69.0 Å². The Kier molecular flexibility index (Phi) is 22.5. The highest BCUT2D eigenvalue weighted by Gasteiger charge is 2.46. The molecule has 2 aromatic rings. The number of nitrogens with one attached hydrogen (secondary N) is 6. The summed E-state index contributed by atoms with van der Waals surface area (Å²) in [5.74, 6) is -15.5. The lowest BCUT2D eigenvalue weighted by Gasteiger charge is -2.32. The van der Waals surface area contributed by atoms with Gasteiger partial charge in [0.1, 0.15) is 28.9 Å². The van der Waals surface area contributed by atoms with Gasteiger partial charge in [-0.25, -0.2) is 8.42 Å². The highest BCUT2D eigenvalue weighted by Crippen LogP contribution is 2.36. The van der Waals surface area contributed by atoms with Crippen LogP contribution in [0.2, 0.25) is 0 Å². The molecule has 5 heterocycles. The molecule has 0 spiro atoms. The molecule has 26 nitrogen and oxygen atoms in total. The van der Waals surface area contributed by atoms with E-state index in [9.17, 15) is 68.1 Å². The van der Waals surface area contributed by atoms with Crippen molar-refractivity contribution < 1.29 is 81.2 Å². The summed E-state index contributed by atoms with van der Waals surface area (Å²) in [7, 11) is -4.91. The molecule has 6 rings (SSSR count). The standard InChI is InChI=1S/C55H79N9O17S2/c1-7-28(2)47-51(76)58-23-44(71)59-37-27-83(79,80)52-35(34-13-12-33(21-36(34)60-52)81-15-11-9-8-10-14-63-46(73)22-42(54(63)78)82-55(4,5)6)16-30(49(74)57-24-45(72)61-47)17-40(68)48(29(3)41(69)26-65)62-50(75)38-20-32(66)25-64(38)53(77)31(18-39(37)67)19-43(56)70/h12-13,21,28-32,37-38,41-42,47-48,60,65-66,69H,7-11,14-20,22-27H2,1-6H3,(H2,56,70)(H,57,74)(H,58,76)(H,59,71)(H,61,72)(H,62,75)/t28-,29-,30+,31-,32+,37-,38-,41-,42?,47-,48-/m0/s1. The summed E-state index contributed by atoms with van der Waals surface area (Å²) in [6, 6.07) is -2.10. The van der Waals surface area contributed by atoms with E-state index in [1.54, 1.807) is 13.8 Å². The summed E-state index contributed by atoms with van der Waals surface area (Å²) < 4.78 is 36.2. The Morgan fingerprint density at radius 3 is 2.18 bits per heavy atom. The number of primary amides is 1. The minimum atomic E-state index is -4.91. The zero-order valence-corrected chi connectivity index (χ0v) is 49.3. The number of nitrogens with two attached hydrogens (primary N) is 1. The van der Waals surface area contributed by atoms with Crippen LogP contribution in [0.25, 0.3) is 10.9 Å². The number of H-pyrrole nitrogens is 1. The van der Waals surface area contributed by atoms with E-state index in [1.165, 1.54) is 41.8 Å². The van der Waals surface area contributed by atoms with E-state index in [2.05, 4.69) is 31.6 Å². The van der Waals surface area contributed by atoms with Gasteiger partial charge in [0, 0.05) is 73.2 Å². The van der Waals surface area contributed by atoms with E-state index >= 15 is 8.42 Å². The summed E-state index contributed by atoms with van der Waals surface area (Å²) in [5, 5.41) is 43.3. The number of carbonyl (C=O) groups excluding carboxylic acids is 11. The van der Waals surface area contributed by atoms with Crippen LogP contribution in [0.1, 0.15) is 111 Å². The number of rotatable bonds is 16. The van der Waals surface area contributed by atoms with E-state index in [1.807, 2.05) is 20.8 Å². The minimum absolute atomic E-state index is 0.104. The molecular formula is C55H79N9O17S2. The quantitative estimate of drug-likeness (QED) is 0.0698. The van der Waals surface area contributed by atoms with Crippen molar-refractivity contribution in [2.24, 2.45) is 29.4 Å². The maximum Gasteiger partial charge on any atom is 0.243 e. The largest absolute Gasteiger partial charge is 0.494 e. The number of sulfone groups is 1. The van der Waals surface area contributed by atoms with Crippen LogP contribution in [0.5, 0.6) is 5.75 Å². The van der Waals surface area contributed by atoms with E-state index in [0.717, 1.165) is 4.90 Å². The number of benzene rings is 1. The molecule has 11 N–H and O–H groups in total. The van der Waals surface area contributed by atoms with Crippen LogP contribution < -0.4 is 37.1 Å². The molecule has 0 saturated carbocycles. The van der Waals surface area contributed by atoms with E-state index < -0.39 is 197 Å². The van der Waals surface area contributed by atoms with Crippen molar-refractivity contribution in [1.29, 1.82) is 0 Å². The smallest absolute Gasteiger partial charge is 0.243 e. The first-order chi connectivity index (χ1) is 39.0. The van der Waals surface area contributed by atoms with Gasteiger partial charge < -0.3 is 62.3 Å². The summed E-state index contributed by atoms with van der Waals surface area (Å²) >= 11 is 1.47. The van der Waals surface area contributed by atoms with E-state index in [4.69, 9.17) is 10.5 Å². The van der Waals surface area contributed by atoms with Gasteiger partial charge in [0.05, 0.1) is 67.0 Å². The number of thioether (sulfide) groups is 1. The molecule has 1 aromatic carbocycles. The first-order valence-electron chi connectivity index (χ1n) is 28.1. The number of unbranched alkanes of at least 4 members (excludes halogenated alkanes) is 3. The number of ether oxygens (including phenoxy) is 1. The Morgan fingerprint density at radius 2 is 1.52 bits per heavy atom. The lowest BCUT2D eigenvalue weighted by Crippen LogP contribution is -2.56. The zero-order chi connectivity index (χ0) is 61.2. The van der Waals surface area contributed by atoms with Gasteiger partial charge in [-0.3, -0.25) is 57.6 Å². The number of carbonyl (C=O) groups is 11. The van der Waals surface area contributed by atoms with Crippen LogP contribution >= 0.6 is 11.8 Å². The molecule has 9 amide bonds. The van der Waals surface area contributed by atoms with Gasteiger partial charge in [-0.05, 0) is 42.9 Å². The summed E-state index contributed by atoms with van der Waals surface area (Å²) in [6.07, 6.45) is -3.69. The molecule has 2 bridgehead atoms. The number of ketones is 2. The Hall–Kier alpha value is -6.49. The van der Waals surface area contributed by atoms with Crippen LogP contribution in [0, 0.1) is 23.7 Å². The Morgan fingerprint density at radius 1 is 0.843 bits per heavy atom. The summed E-state index contributed by atoms with van der Waals surface area (Å²) in [5.41, 5.74) is 5.61. The molecule has 83 heavy (non-hydrogen) atoms. The normalized spacial score (nSPS) is 26.8. The van der Waals surface area contributed by atoms with Gasteiger partial charge in [0.25, 0.3) is 0 Å². The second kappa shape index (κ2) is 28.4. The Labute approximate surface area is 485 Å². The van der Waals surface area contributed by atoms with Crippen molar-refractivity contribution in [3.05, 3.63) is 23.8 Å². The van der Waals surface area contributed by atoms with Crippen LogP contribution in [0.15, 0.2) is 23.2 Å². The summed E-state index contributed by atoms with van der Waals surface area (Å²) in [4.78, 5) is 157. The van der Waals surface area contributed by atoms with Gasteiger partial charge >= 0.3 is 0 Å². The number of aliphatic hydroxyl groups excluding tert-OH is 3. The number of nitrogens with zero attached hydrogens (tertiary/aromatic N) is 2. The molecule has 1 aromatic heterocycles. The number of aromatic nitrogens is 1. The predicted molar refractivity (Wildman–Crippen MR) is 300 cm³/mol. The predicted octanol–water partition coefficient (Wildman–Crippen LogP) is -1.18. The molecule has 4 aliphatic heterocycles. The molecule has 28 heteroatoms. The lowest BCUT2D eigenvalue weighted by molar-refractivity contribution is -0.145. The molecule has 458 valence electrons.